The Labute approximate surface area is 162 Å². The van der Waals surface area contributed by atoms with E-state index in [0.29, 0.717) is 12.1 Å². The number of aryl methyl sites for hydroxylation is 1. The average molecular weight is 395 g/mol. The number of carbonyl (C=O) groups is 2. The number of amides is 1. The molecule has 0 saturated heterocycles. The van der Waals surface area contributed by atoms with Crippen molar-refractivity contribution in [3.8, 4) is 11.8 Å². The number of nitrogens with one attached hydrogen (secondary N) is 1. The van der Waals surface area contributed by atoms with E-state index in [1.807, 2.05) is 0 Å². The third kappa shape index (κ3) is 8.13. The van der Waals surface area contributed by atoms with Crippen molar-refractivity contribution in [2.45, 2.75) is 63.8 Å². The molecule has 1 aromatic carbocycles. The molecule has 1 atom stereocenters. The van der Waals surface area contributed by atoms with Gasteiger partial charge in [-0.25, -0.2) is 0 Å². The Hall–Kier alpha value is -2.33. The third-order valence-electron chi connectivity index (χ3n) is 4.42. The first kappa shape index (κ1) is 22.0. The van der Waals surface area contributed by atoms with Crippen LogP contribution in [0.15, 0.2) is 24.3 Å². The first-order valence-corrected chi connectivity index (χ1v) is 9.39. The lowest BCUT2D eigenvalue weighted by atomic mass is 10.1. The summed E-state index contributed by atoms with van der Waals surface area (Å²) in [6.07, 6.45) is -0.549. The predicted molar refractivity (Wildman–Crippen MR) is 98.3 cm³/mol. The summed E-state index contributed by atoms with van der Waals surface area (Å²) >= 11 is 0. The van der Waals surface area contributed by atoms with E-state index < -0.39 is 18.4 Å². The number of Topliss-reactive ketones (excluding diaryl/α,β-unsaturated/α-hetero) is 1. The topological polar surface area (TPSA) is 55.4 Å². The molecule has 0 heterocycles. The highest BCUT2D eigenvalue weighted by molar-refractivity contribution is 5.84. The predicted octanol–water partition coefficient (Wildman–Crippen LogP) is 3.72. The summed E-state index contributed by atoms with van der Waals surface area (Å²) in [5.74, 6) is 4.13. The number of hydrogen-bond acceptors (Lipinski definition) is 3. The standard InChI is InChI=1S/C21H24F3NO3/c22-21(23,24)19(26)13-12-16-8-10-17(11-9-16)14-25-20(27)15-28-18-6-4-2-1-3-5-7-18/h8-11,18H,1-4,6,12-15H2,(H,25,27). The fourth-order valence-corrected chi connectivity index (χ4v) is 2.75. The smallest absolute Gasteiger partial charge is 0.356 e. The first-order valence-electron chi connectivity index (χ1n) is 9.39. The Morgan fingerprint density at radius 2 is 1.82 bits per heavy atom. The second-order valence-electron chi connectivity index (χ2n) is 6.73. The van der Waals surface area contributed by atoms with Gasteiger partial charge in [0.1, 0.15) is 12.7 Å². The summed E-state index contributed by atoms with van der Waals surface area (Å²) in [5, 5.41) is 2.74. The summed E-state index contributed by atoms with van der Waals surface area (Å²) in [7, 11) is 0. The average Bonchev–Trinajstić information content (AvgIpc) is 2.63. The van der Waals surface area contributed by atoms with Crippen molar-refractivity contribution in [1.29, 1.82) is 0 Å². The normalized spacial score (nSPS) is 17.0. The van der Waals surface area contributed by atoms with E-state index in [1.165, 1.54) is 0 Å². The fourth-order valence-electron chi connectivity index (χ4n) is 2.75. The van der Waals surface area contributed by atoms with Crippen molar-refractivity contribution >= 4 is 11.7 Å². The number of alkyl halides is 3. The molecule has 0 bridgehead atoms. The number of ketones is 1. The van der Waals surface area contributed by atoms with Gasteiger partial charge in [0.2, 0.25) is 11.7 Å². The van der Waals surface area contributed by atoms with Crippen LogP contribution in [-0.4, -0.2) is 30.6 Å². The minimum absolute atomic E-state index is 0.0290. The van der Waals surface area contributed by atoms with Crippen molar-refractivity contribution in [1.82, 2.24) is 5.32 Å². The molecule has 1 aromatic rings. The molecule has 1 amide bonds. The van der Waals surface area contributed by atoms with Gasteiger partial charge in [-0.1, -0.05) is 36.6 Å². The van der Waals surface area contributed by atoms with Crippen molar-refractivity contribution in [3.05, 3.63) is 35.4 Å². The van der Waals surface area contributed by atoms with Gasteiger partial charge in [-0.05, 0) is 36.8 Å². The zero-order chi connectivity index (χ0) is 20.4. The van der Waals surface area contributed by atoms with Crippen LogP contribution >= 0.6 is 0 Å². The lowest BCUT2D eigenvalue weighted by Crippen LogP contribution is -2.29. The Morgan fingerprint density at radius 3 is 2.54 bits per heavy atom. The number of rotatable bonds is 8. The van der Waals surface area contributed by atoms with Crippen LogP contribution < -0.4 is 5.32 Å². The van der Waals surface area contributed by atoms with Gasteiger partial charge in [0.25, 0.3) is 0 Å². The van der Waals surface area contributed by atoms with Gasteiger partial charge in [0, 0.05) is 19.4 Å². The number of halogens is 3. The van der Waals surface area contributed by atoms with E-state index in [0.717, 1.165) is 37.7 Å². The first-order chi connectivity index (χ1) is 13.3. The molecule has 1 aliphatic rings. The van der Waals surface area contributed by atoms with Gasteiger partial charge >= 0.3 is 6.18 Å². The highest BCUT2D eigenvalue weighted by atomic mass is 19.4. The molecule has 28 heavy (non-hydrogen) atoms. The Bertz CT molecular complexity index is 717. The minimum Gasteiger partial charge on any atom is -0.356 e. The maximum absolute atomic E-state index is 12.2. The molecule has 0 aromatic heterocycles. The van der Waals surface area contributed by atoms with Crippen molar-refractivity contribution in [3.63, 3.8) is 0 Å². The Balaban J connectivity index is 1.70. The Morgan fingerprint density at radius 1 is 1.11 bits per heavy atom. The van der Waals surface area contributed by atoms with E-state index in [2.05, 4.69) is 17.2 Å². The number of hydrogen-bond donors (Lipinski definition) is 1. The van der Waals surface area contributed by atoms with Crippen molar-refractivity contribution < 1.29 is 27.5 Å². The van der Waals surface area contributed by atoms with Crippen LogP contribution in [0.3, 0.4) is 0 Å². The molecule has 7 heteroatoms. The molecule has 0 fully saturated rings. The molecule has 2 rings (SSSR count). The molecule has 0 spiro atoms. The lowest BCUT2D eigenvalue weighted by molar-refractivity contribution is -0.171. The second kappa shape index (κ2) is 10.9. The highest BCUT2D eigenvalue weighted by Gasteiger charge is 2.37. The molecule has 0 aliphatic heterocycles. The molecule has 1 unspecified atom stereocenters. The lowest BCUT2D eigenvalue weighted by Gasteiger charge is -2.13. The SMILES string of the molecule is O=C(COC1C#CCCCCC1)NCc1ccc(CCC(=O)C(F)(F)F)cc1. The van der Waals surface area contributed by atoms with Gasteiger partial charge < -0.3 is 10.1 Å². The zero-order valence-corrected chi connectivity index (χ0v) is 15.6. The van der Waals surface area contributed by atoms with E-state index in [4.69, 9.17) is 4.74 Å². The zero-order valence-electron chi connectivity index (χ0n) is 15.6. The van der Waals surface area contributed by atoms with Gasteiger partial charge in [0.15, 0.2) is 0 Å². The summed E-state index contributed by atoms with van der Waals surface area (Å²) in [6.45, 7) is 0.233. The van der Waals surface area contributed by atoms with Gasteiger partial charge in [-0.2, -0.15) is 13.2 Å². The fraction of sp³-hybridized carbons (Fsp3) is 0.524. The monoisotopic (exact) mass is 395 g/mol. The van der Waals surface area contributed by atoms with Gasteiger partial charge in [-0.3, -0.25) is 9.59 Å². The van der Waals surface area contributed by atoms with Crippen LogP contribution in [0, 0.1) is 11.8 Å². The van der Waals surface area contributed by atoms with Crippen molar-refractivity contribution in [2.75, 3.05) is 6.61 Å². The van der Waals surface area contributed by atoms with Crippen LogP contribution in [0.25, 0.3) is 0 Å². The highest BCUT2D eigenvalue weighted by Crippen LogP contribution is 2.19. The summed E-state index contributed by atoms with van der Waals surface area (Å²) in [6, 6.07) is 6.75. The van der Waals surface area contributed by atoms with E-state index >= 15 is 0 Å². The molecule has 1 N–H and O–H groups in total. The molecular weight excluding hydrogens is 371 g/mol. The van der Waals surface area contributed by atoms with Crippen LogP contribution in [0.5, 0.6) is 0 Å². The van der Waals surface area contributed by atoms with Crippen LogP contribution in [0.2, 0.25) is 0 Å². The molecule has 1 aliphatic carbocycles. The van der Waals surface area contributed by atoms with Crippen LogP contribution in [0.1, 0.15) is 49.7 Å². The molecular formula is C21H24F3NO3. The third-order valence-corrected chi connectivity index (χ3v) is 4.42. The van der Waals surface area contributed by atoms with E-state index in [-0.39, 0.29) is 25.0 Å². The minimum atomic E-state index is -4.78. The van der Waals surface area contributed by atoms with Gasteiger partial charge in [-0.15, -0.1) is 5.92 Å². The molecule has 0 radical (unpaired) electrons. The van der Waals surface area contributed by atoms with E-state index in [1.54, 1.807) is 24.3 Å². The molecule has 0 saturated carbocycles. The largest absolute Gasteiger partial charge is 0.449 e. The number of ether oxygens (including phenoxy) is 1. The summed E-state index contributed by atoms with van der Waals surface area (Å²) in [5.41, 5.74) is 1.45. The summed E-state index contributed by atoms with van der Waals surface area (Å²) in [4.78, 5) is 22.8. The number of benzene rings is 1. The maximum atomic E-state index is 12.2. The number of carbonyl (C=O) groups excluding carboxylic acids is 2. The second-order valence-corrected chi connectivity index (χ2v) is 6.73. The van der Waals surface area contributed by atoms with E-state index in [9.17, 15) is 22.8 Å². The van der Waals surface area contributed by atoms with Gasteiger partial charge in [0.05, 0.1) is 0 Å². The molecule has 4 nitrogen and oxygen atoms in total. The maximum Gasteiger partial charge on any atom is 0.449 e. The van der Waals surface area contributed by atoms with Crippen LogP contribution in [-0.2, 0) is 27.3 Å². The van der Waals surface area contributed by atoms with Crippen LogP contribution in [0.4, 0.5) is 13.2 Å². The van der Waals surface area contributed by atoms with Crippen molar-refractivity contribution in [2.24, 2.45) is 0 Å². The molecule has 152 valence electrons. The summed E-state index contributed by atoms with van der Waals surface area (Å²) < 4.78 is 42.2. The quantitative estimate of drug-likeness (QED) is 0.683. The Kier molecular flexibility index (Phi) is 8.52.